The number of nitrogens with zero attached hydrogens (tertiary/aromatic N) is 1. The number of hydrogen-bond donors (Lipinski definition) is 1. The molecule has 1 aromatic heterocycles. The zero-order valence-electron chi connectivity index (χ0n) is 10.7. The molecule has 1 aliphatic carbocycles. The van der Waals surface area contributed by atoms with Crippen molar-refractivity contribution in [3.63, 3.8) is 0 Å². The second-order valence-electron chi connectivity index (χ2n) is 5.01. The van der Waals surface area contributed by atoms with E-state index in [2.05, 4.69) is 26.2 Å². The Bertz CT molecular complexity index is 422. The summed E-state index contributed by atoms with van der Waals surface area (Å²) < 4.78 is 0. The summed E-state index contributed by atoms with van der Waals surface area (Å²) in [4.78, 5) is 16.8. The molecule has 2 atom stereocenters. The number of alkyl halides is 1. The molecule has 3 nitrogen and oxygen atoms in total. The minimum Gasteiger partial charge on any atom is -0.350 e. The standard InChI is InChI=1S/C14H19BrN2O/c1-10-4-3-7-16-13(10)14(18)17-9-11-5-2-6-12(15)8-11/h3-4,7,11-12H,2,5-6,8-9H2,1H3,(H,17,18). The van der Waals surface area contributed by atoms with Crippen molar-refractivity contribution in [3.05, 3.63) is 29.6 Å². The van der Waals surface area contributed by atoms with Gasteiger partial charge in [0, 0.05) is 17.6 Å². The maximum Gasteiger partial charge on any atom is 0.270 e. The van der Waals surface area contributed by atoms with Crippen LogP contribution in [0.5, 0.6) is 0 Å². The first-order valence-electron chi connectivity index (χ1n) is 6.50. The van der Waals surface area contributed by atoms with E-state index in [-0.39, 0.29) is 5.91 Å². The van der Waals surface area contributed by atoms with Gasteiger partial charge in [0.1, 0.15) is 5.69 Å². The SMILES string of the molecule is Cc1cccnc1C(=O)NCC1CCCC(Br)C1. The molecule has 0 saturated heterocycles. The summed E-state index contributed by atoms with van der Waals surface area (Å²) in [6, 6.07) is 3.76. The van der Waals surface area contributed by atoms with Crippen LogP contribution in [-0.2, 0) is 0 Å². The van der Waals surface area contributed by atoms with Crippen LogP contribution in [-0.4, -0.2) is 22.3 Å². The van der Waals surface area contributed by atoms with Crippen molar-refractivity contribution in [1.82, 2.24) is 10.3 Å². The average molecular weight is 311 g/mol. The largest absolute Gasteiger partial charge is 0.350 e. The van der Waals surface area contributed by atoms with Gasteiger partial charge in [-0.3, -0.25) is 9.78 Å². The van der Waals surface area contributed by atoms with E-state index in [0.29, 0.717) is 16.4 Å². The zero-order chi connectivity index (χ0) is 13.0. The molecule has 0 bridgehead atoms. The van der Waals surface area contributed by atoms with Crippen LogP contribution in [0.25, 0.3) is 0 Å². The fraction of sp³-hybridized carbons (Fsp3) is 0.571. The number of aryl methyl sites for hydroxylation is 1. The molecule has 1 amide bonds. The Kier molecular flexibility index (Phi) is 4.75. The maximum atomic E-state index is 12.0. The van der Waals surface area contributed by atoms with Gasteiger partial charge in [0.05, 0.1) is 0 Å². The summed E-state index contributed by atoms with van der Waals surface area (Å²) in [5, 5.41) is 3.01. The molecule has 98 valence electrons. The molecule has 1 heterocycles. The minimum atomic E-state index is -0.0511. The Morgan fingerprint density at radius 2 is 2.39 bits per heavy atom. The molecule has 4 heteroatoms. The van der Waals surface area contributed by atoms with E-state index in [0.717, 1.165) is 18.5 Å². The number of rotatable bonds is 3. The molecular formula is C14H19BrN2O. The van der Waals surface area contributed by atoms with Crippen LogP contribution in [0.15, 0.2) is 18.3 Å². The molecule has 0 radical (unpaired) electrons. The molecule has 2 rings (SSSR count). The van der Waals surface area contributed by atoms with Gasteiger partial charge in [0.15, 0.2) is 0 Å². The van der Waals surface area contributed by atoms with Gasteiger partial charge in [-0.05, 0) is 43.7 Å². The molecular weight excluding hydrogens is 292 g/mol. The first kappa shape index (κ1) is 13.5. The fourth-order valence-corrected chi connectivity index (χ4v) is 3.31. The van der Waals surface area contributed by atoms with Crippen molar-refractivity contribution >= 4 is 21.8 Å². The Morgan fingerprint density at radius 1 is 1.56 bits per heavy atom. The molecule has 0 aromatic carbocycles. The van der Waals surface area contributed by atoms with Crippen molar-refractivity contribution in [1.29, 1.82) is 0 Å². The third-order valence-corrected chi connectivity index (χ3v) is 4.33. The summed E-state index contributed by atoms with van der Waals surface area (Å²) >= 11 is 3.67. The predicted octanol–water partition coefficient (Wildman–Crippen LogP) is 3.07. The second kappa shape index (κ2) is 6.32. The van der Waals surface area contributed by atoms with Crippen LogP contribution < -0.4 is 5.32 Å². The molecule has 1 aliphatic rings. The smallest absolute Gasteiger partial charge is 0.270 e. The quantitative estimate of drug-likeness (QED) is 0.872. The number of nitrogens with one attached hydrogen (secondary N) is 1. The third kappa shape index (κ3) is 3.55. The summed E-state index contributed by atoms with van der Waals surface area (Å²) in [5.74, 6) is 0.542. The second-order valence-corrected chi connectivity index (χ2v) is 6.30. The number of pyridine rings is 1. The lowest BCUT2D eigenvalue weighted by atomic mass is 9.89. The van der Waals surface area contributed by atoms with E-state index in [4.69, 9.17) is 0 Å². The van der Waals surface area contributed by atoms with Crippen LogP contribution in [0.1, 0.15) is 41.7 Å². The van der Waals surface area contributed by atoms with Crippen molar-refractivity contribution in [3.8, 4) is 0 Å². The van der Waals surface area contributed by atoms with Gasteiger partial charge in [-0.25, -0.2) is 0 Å². The maximum absolute atomic E-state index is 12.0. The van der Waals surface area contributed by atoms with Gasteiger partial charge in [-0.15, -0.1) is 0 Å². The summed E-state index contributed by atoms with van der Waals surface area (Å²) in [5.41, 5.74) is 1.47. The molecule has 0 aliphatic heterocycles. The van der Waals surface area contributed by atoms with Gasteiger partial charge in [-0.1, -0.05) is 28.4 Å². The Balaban J connectivity index is 1.87. The number of carbonyl (C=O) groups excluding carboxylic acids is 1. The Morgan fingerprint density at radius 3 is 3.11 bits per heavy atom. The highest BCUT2D eigenvalue weighted by atomic mass is 79.9. The minimum absolute atomic E-state index is 0.0511. The number of hydrogen-bond acceptors (Lipinski definition) is 2. The molecule has 0 spiro atoms. The molecule has 2 unspecified atom stereocenters. The predicted molar refractivity (Wildman–Crippen MR) is 76.0 cm³/mol. The Hall–Kier alpha value is -0.900. The first-order valence-corrected chi connectivity index (χ1v) is 7.42. The third-order valence-electron chi connectivity index (χ3n) is 3.49. The van der Waals surface area contributed by atoms with E-state index in [1.165, 1.54) is 19.3 Å². The lowest BCUT2D eigenvalue weighted by Crippen LogP contribution is -2.32. The highest BCUT2D eigenvalue weighted by Gasteiger charge is 2.20. The molecule has 18 heavy (non-hydrogen) atoms. The number of halogens is 1. The van der Waals surface area contributed by atoms with Gasteiger partial charge >= 0.3 is 0 Å². The van der Waals surface area contributed by atoms with E-state index in [1.807, 2.05) is 19.1 Å². The number of aromatic nitrogens is 1. The fourth-order valence-electron chi connectivity index (χ4n) is 2.45. The molecule has 1 aromatic rings. The van der Waals surface area contributed by atoms with Crippen molar-refractivity contribution in [2.75, 3.05) is 6.54 Å². The highest BCUT2D eigenvalue weighted by molar-refractivity contribution is 9.09. The zero-order valence-corrected chi connectivity index (χ0v) is 12.2. The van der Waals surface area contributed by atoms with E-state index >= 15 is 0 Å². The number of carbonyl (C=O) groups is 1. The molecule has 1 fully saturated rings. The summed E-state index contributed by atoms with van der Waals surface area (Å²) in [6.45, 7) is 2.67. The lowest BCUT2D eigenvalue weighted by molar-refractivity contribution is 0.0938. The van der Waals surface area contributed by atoms with Crippen LogP contribution in [0, 0.1) is 12.8 Å². The van der Waals surface area contributed by atoms with Crippen molar-refractivity contribution < 1.29 is 4.79 Å². The van der Waals surface area contributed by atoms with Gasteiger partial charge in [-0.2, -0.15) is 0 Å². The van der Waals surface area contributed by atoms with Crippen LogP contribution in [0.4, 0.5) is 0 Å². The van der Waals surface area contributed by atoms with Crippen molar-refractivity contribution in [2.45, 2.75) is 37.4 Å². The van der Waals surface area contributed by atoms with Crippen molar-refractivity contribution in [2.24, 2.45) is 5.92 Å². The summed E-state index contributed by atoms with van der Waals surface area (Å²) in [6.07, 6.45) is 6.53. The van der Waals surface area contributed by atoms with Crippen LogP contribution in [0.3, 0.4) is 0 Å². The Labute approximate surface area is 117 Å². The van der Waals surface area contributed by atoms with Crippen LogP contribution in [0.2, 0.25) is 0 Å². The normalized spacial score (nSPS) is 23.7. The average Bonchev–Trinajstić information content (AvgIpc) is 2.37. The van der Waals surface area contributed by atoms with Crippen LogP contribution >= 0.6 is 15.9 Å². The first-order chi connectivity index (χ1) is 8.66. The van der Waals surface area contributed by atoms with Gasteiger partial charge < -0.3 is 5.32 Å². The summed E-state index contributed by atoms with van der Waals surface area (Å²) in [7, 11) is 0. The molecule has 1 N–H and O–H groups in total. The van der Waals surface area contributed by atoms with E-state index < -0.39 is 0 Å². The molecule has 1 saturated carbocycles. The van der Waals surface area contributed by atoms with E-state index in [9.17, 15) is 4.79 Å². The lowest BCUT2D eigenvalue weighted by Gasteiger charge is -2.25. The monoisotopic (exact) mass is 310 g/mol. The van der Waals surface area contributed by atoms with Gasteiger partial charge in [0.2, 0.25) is 0 Å². The topological polar surface area (TPSA) is 42.0 Å². The highest BCUT2D eigenvalue weighted by Crippen LogP contribution is 2.28. The van der Waals surface area contributed by atoms with Gasteiger partial charge in [0.25, 0.3) is 5.91 Å². The van der Waals surface area contributed by atoms with E-state index in [1.54, 1.807) is 6.20 Å². The number of amides is 1.